The van der Waals surface area contributed by atoms with Gasteiger partial charge in [-0.15, -0.1) is 0 Å². The monoisotopic (exact) mass is 401 g/mol. The van der Waals surface area contributed by atoms with Gasteiger partial charge < -0.3 is 10.1 Å². The highest BCUT2D eigenvalue weighted by Crippen LogP contribution is 2.25. The van der Waals surface area contributed by atoms with Gasteiger partial charge in [0.25, 0.3) is 0 Å². The standard InChI is InChI=1S/C18H15Cl2F2NO3/c1-26-18(25)16(9-13-14(19)3-2-4-15(13)20)23-17(24)7-10-5-11(21)8-12(22)6-10/h2-6,8,16H,7,9H2,1H3,(H,23,24)/t16-/m1/s1. The number of carbonyl (C=O) groups is 2. The Balaban J connectivity index is 2.14. The zero-order valence-corrected chi connectivity index (χ0v) is 15.2. The number of halogens is 4. The lowest BCUT2D eigenvalue weighted by molar-refractivity contribution is -0.145. The summed E-state index contributed by atoms with van der Waals surface area (Å²) in [6, 6.07) is 6.60. The van der Waals surface area contributed by atoms with Crippen LogP contribution in [0.4, 0.5) is 8.78 Å². The fourth-order valence-corrected chi connectivity index (χ4v) is 2.96. The van der Waals surface area contributed by atoms with E-state index < -0.39 is 29.6 Å². The van der Waals surface area contributed by atoms with Gasteiger partial charge in [-0.2, -0.15) is 0 Å². The van der Waals surface area contributed by atoms with Crippen molar-refractivity contribution in [3.05, 3.63) is 69.2 Å². The molecule has 0 fully saturated rings. The lowest BCUT2D eigenvalue weighted by Gasteiger charge is -2.18. The highest BCUT2D eigenvalue weighted by molar-refractivity contribution is 6.36. The molecule has 0 aliphatic carbocycles. The van der Waals surface area contributed by atoms with Crippen LogP contribution in [0.15, 0.2) is 36.4 Å². The third kappa shape index (κ3) is 5.41. The molecule has 1 N–H and O–H groups in total. The molecular weight excluding hydrogens is 387 g/mol. The Bertz CT molecular complexity index is 790. The highest BCUT2D eigenvalue weighted by atomic mass is 35.5. The molecule has 2 aromatic carbocycles. The molecule has 0 radical (unpaired) electrons. The van der Waals surface area contributed by atoms with E-state index in [1.54, 1.807) is 18.2 Å². The molecule has 0 saturated heterocycles. The third-order valence-corrected chi connectivity index (χ3v) is 4.29. The third-order valence-electron chi connectivity index (χ3n) is 3.58. The number of rotatable bonds is 6. The molecule has 2 rings (SSSR count). The van der Waals surface area contributed by atoms with E-state index >= 15 is 0 Å². The van der Waals surface area contributed by atoms with Crippen LogP contribution in [0, 0.1) is 11.6 Å². The molecule has 0 aromatic heterocycles. The van der Waals surface area contributed by atoms with Gasteiger partial charge in [-0.05, 0) is 35.4 Å². The molecule has 8 heteroatoms. The van der Waals surface area contributed by atoms with Gasteiger partial charge in [0.1, 0.15) is 17.7 Å². The molecule has 1 amide bonds. The van der Waals surface area contributed by atoms with Crippen molar-refractivity contribution in [2.75, 3.05) is 7.11 Å². The summed E-state index contributed by atoms with van der Waals surface area (Å²) in [5.41, 5.74) is 0.614. The van der Waals surface area contributed by atoms with Crippen molar-refractivity contribution in [2.45, 2.75) is 18.9 Å². The van der Waals surface area contributed by atoms with Crippen molar-refractivity contribution in [3.8, 4) is 0 Å². The summed E-state index contributed by atoms with van der Waals surface area (Å²) < 4.78 is 31.1. The number of hydrogen-bond acceptors (Lipinski definition) is 3. The van der Waals surface area contributed by atoms with Crippen LogP contribution in [0.2, 0.25) is 10.0 Å². The van der Waals surface area contributed by atoms with Crippen LogP contribution >= 0.6 is 23.2 Å². The summed E-state index contributed by atoms with van der Waals surface area (Å²) in [6.45, 7) is 0. The van der Waals surface area contributed by atoms with Crippen LogP contribution in [0.1, 0.15) is 11.1 Å². The fourth-order valence-electron chi connectivity index (χ4n) is 2.41. The molecule has 0 unspecified atom stereocenters. The Labute approximate surface area is 159 Å². The lowest BCUT2D eigenvalue weighted by atomic mass is 10.0. The van der Waals surface area contributed by atoms with E-state index in [2.05, 4.69) is 5.32 Å². The maximum absolute atomic E-state index is 13.2. The first-order valence-electron chi connectivity index (χ1n) is 7.55. The van der Waals surface area contributed by atoms with Crippen LogP contribution in [0.25, 0.3) is 0 Å². The SMILES string of the molecule is COC(=O)[C@@H](Cc1c(Cl)cccc1Cl)NC(=O)Cc1cc(F)cc(F)c1. The highest BCUT2D eigenvalue weighted by Gasteiger charge is 2.24. The van der Waals surface area contributed by atoms with Gasteiger partial charge in [0.05, 0.1) is 13.5 Å². The number of benzene rings is 2. The number of amides is 1. The van der Waals surface area contributed by atoms with Crippen molar-refractivity contribution in [3.63, 3.8) is 0 Å². The van der Waals surface area contributed by atoms with Crippen LogP contribution in [0.5, 0.6) is 0 Å². The van der Waals surface area contributed by atoms with E-state index in [0.29, 0.717) is 21.7 Å². The second-order valence-electron chi connectivity index (χ2n) is 5.50. The maximum Gasteiger partial charge on any atom is 0.328 e. The van der Waals surface area contributed by atoms with Crippen molar-refractivity contribution in [2.24, 2.45) is 0 Å². The van der Waals surface area contributed by atoms with Gasteiger partial charge in [-0.1, -0.05) is 29.3 Å². The number of nitrogens with one attached hydrogen (secondary N) is 1. The Hall–Kier alpha value is -2.18. The zero-order chi connectivity index (χ0) is 19.3. The summed E-state index contributed by atoms with van der Waals surface area (Å²) in [6.07, 6.45) is -0.299. The van der Waals surface area contributed by atoms with Crippen LogP contribution in [0.3, 0.4) is 0 Å². The molecule has 2 aromatic rings. The molecule has 0 bridgehead atoms. The fraction of sp³-hybridized carbons (Fsp3) is 0.222. The maximum atomic E-state index is 13.2. The Morgan fingerprint density at radius 3 is 2.23 bits per heavy atom. The van der Waals surface area contributed by atoms with Crippen LogP contribution < -0.4 is 5.32 Å². The predicted molar refractivity (Wildman–Crippen MR) is 94.2 cm³/mol. The minimum Gasteiger partial charge on any atom is -0.467 e. The number of hydrogen-bond donors (Lipinski definition) is 1. The minimum atomic E-state index is -1.05. The summed E-state index contributed by atoms with van der Waals surface area (Å²) in [7, 11) is 1.18. The molecule has 1 atom stereocenters. The van der Waals surface area contributed by atoms with Crippen molar-refractivity contribution in [1.29, 1.82) is 0 Å². The molecule has 0 aliphatic rings. The van der Waals surface area contributed by atoms with Crippen molar-refractivity contribution >= 4 is 35.1 Å². The normalized spacial score (nSPS) is 11.7. The second-order valence-corrected chi connectivity index (χ2v) is 6.32. The van der Waals surface area contributed by atoms with E-state index in [-0.39, 0.29) is 18.4 Å². The Kier molecular flexibility index (Phi) is 6.94. The molecule has 0 heterocycles. The number of esters is 1. The average Bonchev–Trinajstić information content (AvgIpc) is 2.55. The molecule has 4 nitrogen and oxygen atoms in total. The number of methoxy groups -OCH3 is 1. The predicted octanol–water partition coefficient (Wildman–Crippen LogP) is 3.71. The molecule has 0 saturated carbocycles. The summed E-state index contributed by atoms with van der Waals surface area (Å²) >= 11 is 12.2. The molecular formula is C18H15Cl2F2NO3. The second kappa shape index (κ2) is 8.96. The Morgan fingerprint density at radius 1 is 1.12 bits per heavy atom. The van der Waals surface area contributed by atoms with Gasteiger partial charge in [0.2, 0.25) is 5.91 Å². The first-order chi connectivity index (χ1) is 12.3. The van der Waals surface area contributed by atoms with E-state index in [1.165, 1.54) is 7.11 Å². The van der Waals surface area contributed by atoms with Gasteiger partial charge in [-0.3, -0.25) is 4.79 Å². The number of ether oxygens (including phenoxy) is 1. The van der Waals surface area contributed by atoms with Crippen LogP contribution in [-0.4, -0.2) is 25.0 Å². The van der Waals surface area contributed by atoms with Gasteiger partial charge in [0.15, 0.2) is 0 Å². The van der Waals surface area contributed by atoms with Crippen molar-refractivity contribution in [1.82, 2.24) is 5.32 Å². The topological polar surface area (TPSA) is 55.4 Å². The van der Waals surface area contributed by atoms with E-state index in [0.717, 1.165) is 12.1 Å². The molecule has 26 heavy (non-hydrogen) atoms. The number of carbonyl (C=O) groups excluding carboxylic acids is 2. The smallest absolute Gasteiger partial charge is 0.328 e. The van der Waals surface area contributed by atoms with Crippen molar-refractivity contribution < 1.29 is 23.1 Å². The molecule has 0 aliphatic heterocycles. The Morgan fingerprint density at radius 2 is 1.69 bits per heavy atom. The largest absolute Gasteiger partial charge is 0.467 e. The van der Waals surface area contributed by atoms with Crippen LogP contribution in [-0.2, 0) is 27.2 Å². The van der Waals surface area contributed by atoms with Gasteiger partial charge >= 0.3 is 5.97 Å². The summed E-state index contributed by atoms with van der Waals surface area (Å²) in [5.74, 6) is -2.88. The molecule has 0 spiro atoms. The zero-order valence-electron chi connectivity index (χ0n) is 13.7. The first kappa shape index (κ1) is 20.1. The molecule has 138 valence electrons. The average molecular weight is 402 g/mol. The summed E-state index contributed by atoms with van der Waals surface area (Å²) in [4.78, 5) is 24.2. The van der Waals surface area contributed by atoms with E-state index in [9.17, 15) is 18.4 Å². The minimum absolute atomic E-state index is 0.00836. The summed E-state index contributed by atoms with van der Waals surface area (Å²) in [5, 5.41) is 3.16. The van der Waals surface area contributed by atoms with E-state index in [4.69, 9.17) is 27.9 Å². The first-order valence-corrected chi connectivity index (χ1v) is 8.30. The quantitative estimate of drug-likeness (QED) is 0.750. The van der Waals surface area contributed by atoms with E-state index in [1.807, 2.05) is 0 Å². The van der Waals surface area contributed by atoms with Gasteiger partial charge in [0, 0.05) is 22.5 Å². The lowest BCUT2D eigenvalue weighted by Crippen LogP contribution is -2.43. The van der Waals surface area contributed by atoms with Gasteiger partial charge in [-0.25, -0.2) is 13.6 Å².